The topological polar surface area (TPSA) is 61.8 Å². The first-order valence-electron chi connectivity index (χ1n) is 8.17. The summed E-state index contributed by atoms with van der Waals surface area (Å²) in [5, 5.41) is 13.3. The van der Waals surface area contributed by atoms with E-state index in [4.69, 9.17) is 16.3 Å². The van der Waals surface area contributed by atoms with Crippen LogP contribution in [0.25, 0.3) is 0 Å². The highest BCUT2D eigenvalue weighted by atomic mass is 35.5. The van der Waals surface area contributed by atoms with Gasteiger partial charge in [0.1, 0.15) is 5.82 Å². The Balaban J connectivity index is 1.68. The maximum absolute atomic E-state index is 13.5. The van der Waals surface area contributed by atoms with Crippen LogP contribution in [0.5, 0.6) is 0 Å². The van der Waals surface area contributed by atoms with Gasteiger partial charge in [-0.05, 0) is 31.3 Å². The highest BCUT2D eigenvalue weighted by molar-refractivity contribution is 6.30. The second-order valence-corrected chi connectivity index (χ2v) is 6.45. The minimum Gasteiger partial charge on any atom is -0.389 e. The summed E-state index contributed by atoms with van der Waals surface area (Å²) in [6.45, 7) is 0.494. The molecule has 0 fully saturated rings. The molecule has 0 aromatic heterocycles. The summed E-state index contributed by atoms with van der Waals surface area (Å²) in [5.41, 5.74) is 1.05. The molecule has 0 aliphatic rings. The van der Waals surface area contributed by atoms with Crippen LogP contribution in [0.3, 0.4) is 0 Å². The Bertz CT molecular complexity index is 729. The molecule has 0 saturated heterocycles. The summed E-state index contributed by atoms with van der Waals surface area (Å²) in [6, 6.07) is 13.2. The number of carbonyl (C=O) groups excluding carboxylic acids is 1. The number of ether oxygens (including phenoxy) is 1. The molecule has 1 atom stereocenters. The van der Waals surface area contributed by atoms with Crippen LogP contribution in [0.2, 0.25) is 5.02 Å². The normalized spacial score (nSPS) is 12.2. The average molecular weight is 381 g/mol. The fourth-order valence-electron chi connectivity index (χ4n) is 2.41. The number of amides is 1. The lowest BCUT2D eigenvalue weighted by molar-refractivity contribution is -0.117. The first kappa shape index (κ1) is 20.3. The number of halogens is 2. The van der Waals surface area contributed by atoms with Crippen molar-refractivity contribution in [1.29, 1.82) is 0 Å². The van der Waals surface area contributed by atoms with Crippen LogP contribution < -0.4 is 5.32 Å². The zero-order valence-corrected chi connectivity index (χ0v) is 15.2. The van der Waals surface area contributed by atoms with E-state index in [-0.39, 0.29) is 38.0 Å². The molecule has 1 amide bonds. The van der Waals surface area contributed by atoms with E-state index in [9.17, 15) is 14.3 Å². The Morgan fingerprint density at radius 2 is 2.08 bits per heavy atom. The van der Waals surface area contributed by atoms with Crippen molar-refractivity contribution in [2.75, 3.05) is 32.1 Å². The minimum absolute atomic E-state index is 0.0502. The smallest absolute Gasteiger partial charge is 0.238 e. The number of hydrogen-bond acceptors (Lipinski definition) is 4. The van der Waals surface area contributed by atoms with Crippen molar-refractivity contribution in [3.63, 3.8) is 0 Å². The molecule has 2 aromatic rings. The van der Waals surface area contributed by atoms with Crippen LogP contribution in [0.4, 0.5) is 10.1 Å². The number of benzene rings is 2. The monoisotopic (exact) mass is 380 g/mol. The molecule has 0 aliphatic carbocycles. The highest BCUT2D eigenvalue weighted by Gasteiger charge is 2.12. The Morgan fingerprint density at radius 3 is 2.81 bits per heavy atom. The van der Waals surface area contributed by atoms with E-state index in [1.807, 2.05) is 0 Å². The van der Waals surface area contributed by atoms with Crippen molar-refractivity contribution in [1.82, 2.24) is 4.90 Å². The number of aliphatic hydroxyl groups excluding tert-OH is 1. The third-order valence-electron chi connectivity index (χ3n) is 3.57. The van der Waals surface area contributed by atoms with Gasteiger partial charge in [0.25, 0.3) is 0 Å². The van der Waals surface area contributed by atoms with Crippen molar-refractivity contribution >= 4 is 23.2 Å². The minimum atomic E-state index is -0.786. The molecule has 2 rings (SSSR count). The van der Waals surface area contributed by atoms with Gasteiger partial charge in [0.05, 0.1) is 25.9 Å². The molecule has 0 aliphatic heterocycles. The number of rotatable bonds is 9. The van der Waals surface area contributed by atoms with Gasteiger partial charge in [-0.3, -0.25) is 9.69 Å². The summed E-state index contributed by atoms with van der Waals surface area (Å²) < 4.78 is 18.8. The first-order chi connectivity index (χ1) is 12.4. The summed E-state index contributed by atoms with van der Waals surface area (Å²) in [6.07, 6.45) is -0.786. The Kier molecular flexibility index (Phi) is 8.00. The van der Waals surface area contributed by atoms with Crippen molar-refractivity contribution in [2.45, 2.75) is 12.7 Å². The van der Waals surface area contributed by atoms with Crippen LogP contribution in [-0.4, -0.2) is 48.8 Å². The van der Waals surface area contributed by atoms with Gasteiger partial charge in [0, 0.05) is 22.8 Å². The summed E-state index contributed by atoms with van der Waals surface area (Å²) >= 11 is 5.87. The van der Waals surface area contributed by atoms with Crippen LogP contribution >= 0.6 is 11.6 Å². The molecule has 1 unspecified atom stereocenters. The van der Waals surface area contributed by atoms with Crippen LogP contribution in [0, 0.1) is 5.82 Å². The number of nitrogens with zero attached hydrogens (tertiary/aromatic N) is 1. The Labute approximate surface area is 157 Å². The lowest BCUT2D eigenvalue weighted by Gasteiger charge is -2.20. The van der Waals surface area contributed by atoms with E-state index >= 15 is 0 Å². The third-order valence-corrected chi connectivity index (χ3v) is 3.81. The van der Waals surface area contributed by atoms with Crippen molar-refractivity contribution in [3.05, 3.63) is 64.9 Å². The predicted molar refractivity (Wildman–Crippen MR) is 99.6 cm³/mol. The van der Waals surface area contributed by atoms with Gasteiger partial charge >= 0.3 is 0 Å². The van der Waals surface area contributed by atoms with E-state index in [1.54, 1.807) is 54.4 Å². The molecule has 26 heavy (non-hydrogen) atoms. The molecule has 0 bridgehead atoms. The molecule has 0 heterocycles. The van der Waals surface area contributed by atoms with Crippen LogP contribution in [-0.2, 0) is 16.1 Å². The van der Waals surface area contributed by atoms with Crippen LogP contribution in [0.15, 0.2) is 48.5 Å². The summed E-state index contributed by atoms with van der Waals surface area (Å²) in [4.78, 5) is 13.7. The second-order valence-electron chi connectivity index (χ2n) is 6.02. The van der Waals surface area contributed by atoms with Crippen molar-refractivity contribution in [2.24, 2.45) is 0 Å². The van der Waals surface area contributed by atoms with E-state index in [1.165, 1.54) is 6.07 Å². The number of anilines is 1. The van der Waals surface area contributed by atoms with E-state index in [0.717, 1.165) is 0 Å². The summed E-state index contributed by atoms with van der Waals surface area (Å²) in [5.74, 6) is -0.550. The largest absolute Gasteiger partial charge is 0.389 e. The molecule has 5 nitrogen and oxygen atoms in total. The second kappa shape index (κ2) is 10.2. The molecule has 7 heteroatoms. The van der Waals surface area contributed by atoms with Gasteiger partial charge in [-0.2, -0.15) is 0 Å². The molecular formula is C19H22ClFN2O3. The lowest BCUT2D eigenvalue weighted by atomic mass is 10.2. The molecule has 0 radical (unpaired) electrons. The Morgan fingerprint density at radius 1 is 1.31 bits per heavy atom. The van der Waals surface area contributed by atoms with Gasteiger partial charge in [-0.15, -0.1) is 0 Å². The standard InChI is InChI=1S/C19H22ClFN2O3/c1-23(11-19(25)22-16-7-4-6-15(20)9-16)10-17(24)13-26-12-14-5-2-3-8-18(14)21/h2-9,17,24H,10-13H2,1H3,(H,22,25). The van der Waals surface area contributed by atoms with E-state index < -0.39 is 6.10 Å². The molecular weight excluding hydrogens is 359 g/mol. The zero-order valence-electron chi connectivity index (χ0n) is 14.5. The fraction of sp³-hybridized carbons (Fsp3) is 0.316. The molecule has 2 aromatic carbocycles. The average Bonchev–Trinajstić information content (AvgIpc) is 2.56. The van der Waals surface area contributed by atoms with Crippen molar-refractivity contribution in [3.8, 4) is 0 Å². The quantitative estimate of drug-likeness (QED) is 0.702. The molecule has 140 valence electrons. The zero-order chi connectivity index (χ0) is 18.9. The van der Waals surface area contributed by atoms with Gasteiger partial charge in [0.2, 0.25) is 5.91 Å². The Hall–Kier alpha value is -1.99. The van der Waals surface area contributed by atoms with Crippen LogP contribution in [0.1, 0.15) is 5.56 Å². The SMILES string of the molecule is CN(CC(=O)Nc1cccc(Cl)c1)CC(O)COCc1ccccc1F. The summed E-state index contributed by atoms with van der Waals surface area (Å²) in [7, 11) is 1.72. The number of nitrogens with one attached hydrogen (secondary N) is 1. The predicted octanol–water partition coefficient (Wildman–Crippen LogP) is 2.93. The lowest BCUT2D eigenvalue weighted by Crippen LogP contribution is -2.37. The van der Waals surface area contributed by atoms with Gasteiger partial charge in [-0.1, -0.05) is 35.9 Å². The fourth-order valence-corrected chi connectivity index (χ4v) is 2.60. The first-order valence-corrected chi connectivity index (χ1v) is 8.55. The van der Waals surface area contributed by atoms with E-state index in [0.29, 0.717) is 16.3 Å². The highest BCUT2D eigenvalue weighted by Crippen LogP contribution is 2.14. The maximum Gasteiger partial charge on any atom is 0.238 e. The van der Waals surface area contributed by atoms with E-state index in [2.05, 4.69) is 5.32 Å². The van der Waals surface area contributed by atoms with Crippen molar-refractivity contribution < 1.29 is 19.0 Å². The molecule has 0 saturated carbocycles. The number of likely N-dealkylation sites (N-methyl/N-ethyl adjacent to an activating group) is 1. The van der Waals surface area contributed by atoms with Gasteiger partial charge in [-0.25, -0.2) is 4.39 Å². The number of aliphatic hydroxyl groups is 1. The van der Waals surface area contributed by atoms with Gasteiger partial charge in [0.15, 0.2) is 0 Å². The maximum atomic E-state index is 13.5. The number of hydrogen-bond donors (Lipinski definition) is 2. The molecule has 0 spiro atoms. The third kappa shape index (κ3) is 7.09. The van der Waals surface area contributed by atoms with Gasteiger partial charge < -0.3 is 15.2 Å². The number of carbonyl (C=O) groups is 1. The molecule has 2 N–H and O–H groups in total.